The second-order valence-corrected chi connectivity index (χ2v) is 5.73. The SMILES string of the molecule is CN(Cc1nnc2ccccn12)C(=O)c1cccc2ccccc12. The molecule has 0 aliphatic carbocycles. The highest BCUT2D eigenvalue weighted by molar-refractivity contribution is 6.06. The van der Waals surface area contributed by atoms with Gasteiger partial charge in [0.05, 0.1) is 6.54 Å². The molecular weight excluding hydrogens is 300 g/mol. The topological polar surface area (TPSA) is 50.5 Å². The summed E-state index contributed by atoms with van der Waals surface area (Å²) in [5, 5.41) is 10.3. The summed E-state index contributed by atoms with van der Waals surface area (Å²) in [5.41, 5.74) is 1.47. The third-order valence-corrected chi connectivity index (χ3v) is 4.13. The summed E-state index contributed by atoms with van der Waals surface area (Å²) < 4.78 is 1.90. The van der Waals surface area contributed by atoms with E-state index in [1.807, 2.05) is 71.3 Å². The van der Waals surface area contributed by atoms with E-state index in [1.54, 1.807) is 11.9 Å². The first-order valence-electron chi connectivity index (χ1n) is 7.76. The highest BCUT2D eigenvalue weighted by Crippen LogP contribution is 2.20. The number of hydrogen-bond donors (Lipinski definition) is 0. The van der Waals surface area contributed by atoms with Crippen LogP contribution in [0.25, 0.3) is 16.4 Å². The van der Waals surface area contributed by atoms with Crippen LogP contribution in [0.1, 0.15) is 16.2 Å². The number of amides is 1. The summed E-state index contributed by atoms with van der Waals surface area (Å²) in [6.07, 6.45) is 1.90. The first kappa shape index (κ1) is 14.4. The summed E-state index contributed by atoms with van der Waals surface area (Å²) in [5.74, 6) is 0.709. The molecule has 5 nitrogen and oxygen atoms in total. The van der Waals surface area contributed by atoms with Gasteiger partial charge in [0.2, 0.25) is 0 Å². The molecule has 0 unspecified atom stereocenters. The standard InChI is InChI=1S/C19H16N4O/c1-22(13-18-21-20-17-11-4-5-12-23(17)18)19(24)16-10-6-8-14-7-2-3-9-15(14)16/h2-12H,13H2,1H3. The van der Waals surface area contributed by atoms with Crippen molar-refractivity contribution in [3.8, 4) is 0 Å². The number of carbonyl (C=O) groups is 1. The van der Waals surface area contributed by atoms with Gasteiger partial charge < -0.3 is 4.90 Å². The molecule has 2 aromatic heterocycles. The van der Waals surface area contributed by atoms with Gasteiger partial charge in [-0.25, -0.2) is 0 Å². The Balaban J connectivity index is 1.66. The number of hydrogen-bond acceptors (Lipinski definition) is 3. The maximum absolute atomic E-state index is 12.9. The molecule has 0 radical (unpaired) electrons. The van der Waals surface area contributed by atoms with Gasteiger partial charge in [-0.1, -0.05) is 42.5 Å². The second-order valence-electron chi connectivity index (χ2n) is 5.73. The van der Waals surface area contributed by atoms with E-state index in [4.69, 9.17) is 0 Å². The maximum atomic E-state index is 12.9. The molecule has 0 spiro atoms. The first-order chi connectivity index (χ1) is 11.7. The van der Waals surface area contributed by atoms with Crippen LogP contribution in [0.3, 0.4) is 0 Å². The lowest BCUT2D eigenvalue weighted by atomic mass is 10.0. The summed E-state index contributed by atoms with van der Waals surface area (Å²) in [7, 11) is 1.79. The average Bonchev–Trinajstić information content (AvgIpc) is 3.03. The van der Waals surface area contributed by atoms with Gasteiger partial charge in [0.1, 0.15) is 0 Å². The summed E-state index contributed by atoms with van der Waals surface area (Å²) in [4.78, 5) is 14.6. The Morgan fingerprint density at radius 3 is 2.71 bits per heavy atom. The van der Waals surface area contributed by atoms with Gasteiger partial charge in [-0.15, -0.1) is 10.2 Å². The van der Waals surface area contributed by atoms with Crippen molar-refractivity contribution in [3.63, 3.8) is 0 Å². The van der Waals surface area contributed by atoms with Crippen molar-refractivity contribution >= 4 is 22.3 Å². The number of rotatable bonds is 3. The highest BCUT2D eigenvalue weighted by atomic mass is 16.2. The quantitative estimate of drug-likeness (QED) is 0.583. The van der Waals surface area contributed by atoms with E-state index < -0.39 is 0 Å². The molecule has 0 saturated heterocycles. The van der Waals surface area contributed by atoms with Crippen molar-refractivity contribution in [2.45, 2.75) is 6.54 Å². The minimum absolute atomic E-state index is 0.0283. The molecule has 2 heterocycles. The van der Waals surface area contributed by atoms with Gasteiger partial charge in [-0.3, -0.25) is 9.20 Å². The van der Waals surface area contributed by atoms with Crippen LogP contribution in [-0.2, 0) is 6.54 Å². The normalized spacial score (nSPS) is 11.0. The summed E-state index contributed by atoms with van der Waals surface area (Å²) >= 11 is 0. The number of nitrogens with zero attached hydrogens (tertiary/aromatic N) is 4. The Kier molecular flexibility index (Phi) is 3.46. The van der Waals surface area contributed by atoms with E-state index in [0.717, 1.165) is 22.2 Å². The van der Waals surface area contributed by atoms with Crippen LogP contribution < -0.4 is 0 Å². The fourth-order valence-corrected chi connectivity index (χ4v) is 2.90. The zero-order valence-corrected chi connectivity index (χ0v) is 13.3. The minimum atomic E-state index is -0.0283. The molecule has 0 atom stereocenters. The number of pyridine rings is 1. The molecule has 4 aromatic rings. The van der Waals surface area contributed by atoms with Crippen molar-refractivity contribution < 1.29 is 4.79 Å². The van der Waals surface area contributed by atoms with Gasteiger partial charge in [-0.2, -0.15) is 0 Å². The van der Waals surface area contributed by atoms with Crippen LogP contribution in [0.15, 0.2) is 66.9 Å². The predicted octanol–water partition coefficient (Wildman–Crippen LogP) is 3.15. The Morgan fingerprint density at radius 1 is 1.00 bits per heavy atom. The Morgan fingerprint density at radius 2 is 1.79 bits per heavy atom. The Bertz CT molecular complexity index is 1030. The molecule has 118 valence electrons. The molecule has 1 amide bonds. The fraction of sp³-hybridized carbons (Fsp3) is 0.105. The summed E-state index contributed by atoms with van der Waals surface area (Å²) in [6, 6.07) is 19.4. The molecular formula is C19H16N4O. The van der Waals surface area contributed by atoms with Crippen LogP contribution >= 0.6 is 0 Å². The van der Waals surface area contributed by atoms with E-state index in [9.17, 15) is 4.79 Å². The Labute approximate surface area is 139 Å². The number of benzene rings is 2. The first-order valence-corrected chi connectivity index (χ1v) is 7.76. The van der Waals surface area contributed by atoms with E-state index in [-0.39, 0.29) is 5.91 Å². The molecule has 0 N–H and O–H groups in total. The van der Waals surface area contributed by atoms with Gasteiger partial charge >= 0.3 is 0 Å². The smallest absolute Gasteiger partial charge is 0.254 e. The second kappa shape index (κ2) is 5.77. The number of fused-ring (bicyclic) bond motifs is 2. The van der Waals surface area contributed by atoms with Crippen LogP contribution in [0.2, 0.25) is 0 Å². The number of carbonyl (C=O) groups excluding carboxylic acids is 1. The van der Waals surface area contributed by atoms with E-state index in [2.05, 4.69) is 10.2 Å². The lowest BCUT2D eigenvalue weighted by Crippen LogP contribution is -2.27. The van der Waals surface area contributed by atoms with Gasteiger partial charge in [0.25, 0.3) is 5.91 Å². The molecule has 0 bridgehead atoms. The van der Waals surface area contributed by atoms with Gasteiger partial charge in [-0.05, 0) is 29.0 Å². The zero-order chi connectivity index (χ0) is 16.5. The maximum Gasteiger partial charge on any atom is 0.254 e. The molecule has 4 rings (SSSR count). The number of aromatic nitrogens is 3. The zero-order valence-electron chi connectivity index (χ0n) is 13.3. The van der Waals surface area contributed by atoms with E-state index >= 15 is 0 Å². The van der Waals surface area contributed by atoms with Crippen molar-refractivity contribution in [2.75, 3.05) is 7.05 Å². The lowest BCUT2D eigenvalue weighted by Gasteiger charge is -2.17. The predicted molar refractivity (Wildman–Crippen MR) is 92.7 cm³/mol. The monoisotopic (exact) mass is 316 g/mol. The molecule has 24 heavy (non-hydrogen) atoms. The fourth-order valence-electron chi connectivity index (χ4n) is 2.90. The molecule has 0 aliphatic heterocycles. The van der Waals surface area contributed by atoms with Gasteiger partial charge in [0, 0.05) is 18.8 Å². The third kappa shape index (κ3) is 2.40. The molecule has 0 saturated carbocycles. The van der Waals surface area contributed by atoms with Gasteiger partial charge in [0.15, 0.2) is 11.5 Å². The average molecular weight is 316 g/mol. The van der Waals surface area contributed by atoms with Crippen LogP contribution in [-0.4, -0.2) is 32.5 Å². The van der Waals surface area contributed by atoms with Crippen molar-refractivity contribution in [3.05, 3.63) is 78.2 Å². The van der Waals surface area contributed by atoms with Crippen LogP contribution in [0, 0.1) is 0 Å². The van der Waals surface area contributed by atoms with Crippen LogP contribution in [0.5, 0.6) is 0 Å². The lowest BCUT2D eigenvalue weighted by molar-refractivity contribution is 0.0783. The molecule has 5 heteroatoms. The molecule has 0 aliphatic rings. The summed E-state index contributed by atoms with van der Waals surface area (Å²) in [6.45, 7) is 0.396. The van der Waals surface area contributed by atoms with Crippen molar-refractivity contribution in [1.82, 2.24) is 19.5 Å². The Hall–Kier alpha value is -3.21. The van der Waals surface area contributed by atoms with Crippen molar-refractivity contribution in [2.24, 2.45) is 0 Å². The third-order valence-electron chi connectivity index (χ3n) is 4.13. The largest absolute Gasteiger partial charge is 0.334 e. The molecule has 2 aromatic carbocycles. The van der Waals surface area contributed by atoms with Crippen molar-refractivity contribution in [1.29, 1.82) is 0 Å². The van der Waals surface area contributed by atoms with E-state index in [1.165, 1.54) is 0 Å². The molecule has 0 fully saturated rings. The highest BCUT2D eigenvalue weighted by Gasteiger charge is 2.17. The van der Waals surface area contributed by atoms with E-state index in [0.29, 0.717) is 12.1 Å². The minimum Gasteiger partial charge on any atom is -0.334 e. The van der Waals surface area contributed by atoms with Crippen LogP contribution in [0.4, 0.5) is 0 Å².